The van der Waals surface area contributed by atoms with Crippen LogP contribution in [0, 0.1) is 0 Å². The third kappa shape index (κ3) is 4.32. The number of hydrogen-bond donors (Lipinski definition) is 0. The minimum Gasteiger partial charge on any atom is -0.381 e. The minimum atomic E-state index is -0.851. The predicted molar refractivity (Wildman–Crippen MR) is 110 cm³/mol. The van der Waals surface area contributed by atoms with Crippen LogP contribution < -0.4 is 9.47 Å². The summed E-state index contributed by atoms with van der Waals surface area (Å²) in [5.41, 5.74) is 1.17. The Balaban J connectivity index is 1.53. The minimum absolute atomic E-state index is 0.250. The van der Waals surface area contributed by atoms with Gasteiger partial charge in [-0.1, -0.05) is 26.0 Å². The molecule has 0 saturated carbocycles. The zero-order valence-electron chi connectivity index (χ0n) is 17.6. The quantitative estimate of drug-likeness (QED) is 0.697. The average molecular weight is 412 g/mol. The van der Waals surface area contributed by atoms with E-state index in [1.54, 1.807) is 12.4 Å². The molecule has 4 rings (SSSR count). The maximum Gasteiger partial charge on any atom is 0.522 e. The van der Waals surface area contributed by atoms with E-state index in [0.717, 1.165) is 50.0 Å². The van der Waals surface area contributed by atoms with Crippen molar-refractivity contribution in [3.63, 3.8) is 0 Å². The summed E-state index contributed by atoms with van der Waals surface area (Å²) in [6.45, 7) is 6.82. The van der Waals surface area contributed by atoms with Gasteiger partial charge in [0.1, 0.15) is 0 Å². The lowest BCUT2D eigenvalue weighted by atomic mass is 9.78. The lowest BCUT2D eigenvalue weighted by Crippen LogP contribution is -2.34. The van der Waals surface area contributed by atoms with Gasteiger partial charge in [0.05, 0.1) is 13.2 Å². The Kier molecular flexibility index (Phi) is 6.01. The summed E-state index contributed by atoms with van der Waals surface area (Å²) in [5.74, 6) is 0.500. The molecule has 0 amide bonds. The summed E-state index contributed by atoms with van der Waals surface area (Å²) < 4.78 is 22.4. The highest BCUT2D eigenvalue weighted by Crippen LogP contribution is 2.38. The van der Waals surface area contributed by atoms with Crippen LogP contribution in [0.5, 0.6) is 11.8 Å². The smallest absolute Gasteiger partial charge is 0.381 e. The van der Waals surface area contributed by atoms with Crippen LogP contribution in [0.4, 0.5) is 4.79 Å². The molecule has 2 aliphatic heterocycles. The summed E-state index contributed by atoms with van der Waals surface area (Å²) in [7, 11) is 0. The zero-order valence-corrected chi connectivity index (χ0v) is 17.6. The molecule has 2 atom stereocenters. The first-order chi connectivity index (χ1) is 14.5. The monoisotopic (exact) mass is 412 g/mol. The van der Waals surface area contributed by atoms with E-state index in [4.69, 9.17) is 18.9 Å². The van der Waals surface area contributed by atoms with Gasteiger partial charge in [0.2, 0.25) is 11.8 Å². The summed E-state index contributed by atoms with van der Waals surface area (Å²) in [5, 5.41) is 0. The van der Waals surface area contributed by atoms with Gasteiger partial charge in [0, 0.05) is 47.6 Å². The molecule has 160 valence electrons. The summed E-state index contributed by atoms with van der Waals surface area (Å²) >= 11 is 0. The number of hydrogen-bond acceptors (Lipinski definition) is 7. The number of pyridine rings is 2. The third-order valence-electron chi connectivity index (χ3n) is 6.08. The van der Waals surface area contributed by atoms with Crippen molar-refractivity contribution in [1.82, 2.24) is 9.97 Å². The highest BCUT2D eigenvalue weighted by molar-refractivity contribution is 5.67. The van der Waals surface area contributed by atoms with Crippen molar-refractivity contribution in [1.29, 1.82) is 0 Å². The second-order valence-electron chi connectivity index (χ2n) is 8.60. The fourth-order valence-electron chi connectivity index (χ4n) is 4.33. The molecule has 0 aliphatic carbocycles. The van der Waals surface area contributed by atoms with E-state index in [0.29, 0.717) is 13.2 Å². The van der Waals surface area contributed by atoms with Gasteiger partial charge in [-0.05, 0) is 37.8 Å². The lowest BCUT2D eigenvalue weighted by molar-refractivity contribution is 0.0396. The Labute approximate surface area is 176 Å². The number of aromatic nitrogens is 2. The number of carbonyl (C=O) groups is 1. The summed E-state index contributed by atoms with van der Waals surface area (Å²) in [4.78, 5) is 21.2. The van der Waals surface area contributed by atoms with Gasteiger partial charge < -0.3 is 18.9 Å². The standard InChI is InChI=1S/C23H28N2O5/c1-22(9-5-13-27-15-22)17-7-3-11-24-19(17)29-21(26)30-20-18(8-4-12-25-20)23(2)10-6-14-28-16-23/h3-4,7-8,11-12H,5-6,9-10,13-16H2,1-2H3. The van der Waals surface area contributed by atoms with Gasteiger partial charge in [-0.15, -0.1) is 0 Å². The second-order valence-corrected chi connectivity index (χ2v) is 8.60. The molecule has 7 heteroatoms. The SMILES string of the molecule is CC1(c2cccnc2OC(=O)Oc2ncccc2C2(C)CCCOC2)CCCOC1. The first-order valence-corrected chi connectivity index (χ1v) is 10.5. The number of rotatable bonds is 4. The van der Waals surface area contributed by atoms with Crippen LogP contribution in [0.3, 0.4) is 0 Å². The van der Waals surface area contributed by atoms with Crippen LogP contribution >= 0.6 is 0 Å². The second kappa shape index (κ2) is 8.70. The van der Waals surface area contributed by atoms with Gasteiger partial charge >= 0.3 is 6.16 Å². The molecule has 0 aromatic carbocycles. The van der Waals surface area contributed by atoms with Crippen molar-refractivity contribution >= 4 is 6.16 Å². The first-order valence-electron chi connectivity index (χ1n) is 10.5. The van der Waals surface area contributed by atoms with E-state index < -0.39 is 6.16 Å². The van der Waals surface area contributed by atoms with E-state index in [1.807, 2.05) is 24.3 Å². The molecule has 0 radical (unpaired) electrons. The Morgan fingerprint density at radius 1 is 0.867 bits per heavy atom. The lowest BCUT2D eigenvalue weighted by Gasteiger charge is -2.34. The van der Waals surface area contributed by atoms with Gasteiger partial charge in [-0.3, -0.25) is 0 Å². The van der Waals surface area contributed by atoms with E-state index in [-0.39, 0.29) is 22.6 Å². The van der Waals surface area contributed by atoms with Crippen molar-refractivity contribution in [3.8, 4) is 11.8 Å². The van der Waals surface area contributed by atoms with Gasteiger partial charge in [0.15, 0.2) is 0 Å². The number of ether oxygens (including phenoxy) is 4. The molecular formula is C23H28N2O5. The molecule has 2 saturated heterocycles. The van der Waals surface area contributed by atoms with Crippen molar-refractivity contribution in [2.75, 3.05) is 26.4 Å². The summed E-state index contributed by atoms with van der Waals surface area (Å²) in [6.07, 6.45) is 6.13. The largest absolute Gasteiger partial charge is 0.522 e. The normalized spacial score (nSPS) is 26.7. The predicted octanol–water partition coefficient (Wildman–Crippen LogP) is 4.19. The molecule has 4 heterocycles. The first kappa shape index (κ1) is 20.8. The molecule has 2 aromatic heterocycles. The van der Waals surface area contributed by atoms with Crippen LogP contribution in [0.15, 0.2) is 36.7 Å². The summed E-state index contributed by atoms with van der Waals surface area (Å²) in [6, 6.07) is 7.54. The Morgan fingerprint density at radius 3 is 1.73 bits per heavy atom. The molecule has 2 unspecified atom stereocenters. The maximum absolute atomic E-state index is 12.7. The van der Waals surface area contributed by atoms with Gasteiger partial charge in [-0.25, -0.2) is 14.8 Å². The van der Waals surface area contributed by atoms with E-state index in [2.05, 4.69) is 23.8 Å². The maximum atomic E-state index is 12.7. The molecule has 0 N–H and O–H groups in total. The third-order valence-corrected chi connectivity index (χ3v) is 6.08. The Hall–Kier alpha value is -2.51. The fraction of sp³-hybridized carbons (Fsp3) is 0.522. The molecule has 0 spiro atoms. The topological polar surface area (TPSA) is 79.8 Å². The van der Waals surface area contributed by atoms with Crippen molar-refractivity contribution < 1.29 is 23.7 Å². The van der Waals surface area contributed by atoms with Crippen LogP contribution in [-0.4, -0.2) is 42.6 Å². The number of carbonyl (C=O) groups excluding carboxylic acids is 1. The van der Waals surface area contributed by atoms with E-state index >= 15 is 0 Å². The van der Waals surface area contributed by atoms with Crippen molar-refractivity contribution in [2.24, 2.45) is 0 Å². The van der Waals surface area contributed by atoms with Crippen LogP contribution in [0.1, 0.15) is 50.7 Å². The van der Waals surface area contributed by atoms with E-state index in [1.165, 1.54) is 0 Å². The Bertz CT molecular complexity index is 817. The molecular weight excluding hydrogens is 384 g/mol. The average Bonchev–Trinajstić information content (AvgIpc) is 2.75. The highest BCUT2D eigenvalue weighted by atomic mass is 16.7. The van der Waals surface area contributed by atoms with Gasteiger partial charge in [-0.2, -0.15) is 0 Å². The van der Waals surface area contributed by atoms with Crippen molar-refractivity contribution in [2.45, 2.75) is 50.4 Å². The number of nitrogens with zero attached hydrogens (tertiary/aromatic N) is 2. The van der Waals surface area contributed by atoms with Crippen molar-refractivity contribution in [3.05, 3.63) is 47.8 Å². The van der Waals surface area contributed by atoms with Gasteiger partial charge in [0.25, 0.3) is 0 Å². The van der Waals surface area contributed by atoms with Crippen LogP contribution in [-0.2, 0) is 20.3 Å². The van der Waals surface area contributed by atoms with E-state index in [9.17, 15) is 4.79 Å². The molecule has 7 nitrogen and oxygen atoms in total. The highest BCUT2D eigenvalue weighted by Gasteiger charge is 2.35. The molecule has 30 heavy (non-hydrogen) atoms. The molecule has 2 aliphatic rings. The molecule has 2 aromatic rings. The zero-order chi connectivity index (χ0) is 21.0. The van der Waals surface area contributed by atoms with Crippen LogP contribution in [0.2, 0.25) is 0 Å². The van der Waals surface area contributed by atoms with Crippen LogP contribution in [0.25, 0.3) is 0 Å². The fourth-order valence-corrected chi connectivity index (χ4v) is 4.33. The molecule has 2 fully saturated rings. The Morgan fingerprint density at radius 2 is 1.33 bits per heavy atom. The molecule has 0 bridgehead atoms.